The van der Waals surface area contributed by atoms with Crippen LogP contribution in [0.1, 0.15) is 35.2 Å². The summed E-state index contributed by atoms with van der Waals surface area (Å²) in [6.07, 6.45) is 3.35. The monoisotopic (exact) mass is 282 g/mol. The molecule has 18 heavy (non-hydrogen) atoms. The lowest BCUT2D eigenvalue weighted by molar-refractivity contribution is 0.844. The number of thiazole rings is 1. The first-order chi connectivity index (χ1) is 8.58. The van der Waals surface area contributed by atoms with Gasteiger partial charge in [0.1, 0.15) is 22.3 Å². The lowest BCUT2D eigenvalue weighted by Gasteiger charge is -2.13. The number of rotatable bonds is 4. The van der Waals surface area contributed by atoms with Crippen molar-refractivity contribution in [2.75, 3.05) is 5.32 Å². The fourth-order valence-corrected chi connectivity index (χ4v) is 2.75. The fraction of sp³-hybridized carbons (Fsp3) is 0.417. The van der Waals surface area contributed by atoms with Gasteiger partial charge in [-0.3, -0.25) is 0 Å². The maximum absolute atomic E-state index is 6.11. The van der Waals surface area contributed by atoms with Crippen LogP contribution in [0.25, 0.3) is 0 Å². The summed E-state index contributed by atoms with van der Waals surface area (Å²) in [5.74, 6) is 1.07. The van der Waals surface area contributed by atoms with Crippen molar-refractivity contribution >= 4 is 28.8 Å². The normalized spacial score (nSPS) is 10.9. The number of aromatic nitrogens is 3. The van der Waals surface area contributed by atoms with Crippen LogP contribution in [0.4, 0.5) is 5.82 Å². The first-order valence-corrected chi connectivity index (χ1v) is 6.93. The van der Waals surface area contributed by atoms with E-state index in [1.165, 1.54) is 11.2 Å². The molecular formula is C12H15ClN4S. The molecule has 0 saturated heterocycles. The Labute approximate surface area is 115 Å². The van der Waals surface area contributed by atoms with E-state index in [0.29, 0.717) is 11.7 Å². The zero-order valence-electron chi connectivity index (χ0n) is 10.6. The molecule has 1 N–H and O–H groups in total. The quantitative estimate of drug-likeness (QED) is 0.870. The molecule has 2 aromatic rings. The van der Waals surface area contributed by atoms with Gasteiger partial charge in [-0.1, -0.05) is 25.4 Å². The number of hydrogen-bond acceptors (Lipinski definition) is 5. The van der Waals surface area contributed by atoms with Crippen molar-refractivity contribution in [3.8, 4) is 0 Å². The van der Waals surface area contributed by atoms with Crippen molar-refractivity contribution in [1.29, 1.82) is 0 Å². The summed E-state index contributed by atoms with van der Waals surface area (Å²) in [4.78, 5) is 13.8. The van der Waals surface area contributed by atoms with Gasteiger partial charge in [0.05, 0.1) is 6.54 Å². The summed E-state index contributed by atoms with van der Waals surface area (Å²) in [6, 6.07) is 0. The molecule has 6 heteroatoms. The fourth-order valence-electron chi connectivity index (χ4n) is 1.67. The molecular weight excluding hydrogens is 268 g/mol. The third kappa shape index (κ3) is 2.97. The van der Waals surface area contributed by atoms with Gasteiger partial charge >= 0.3 is 0 Å². The Morgan fingerprint density at radius 1 is 1.33 bits per heavy atom. The SMILES string of the molecule is Cc1cnc(CNc2ncnc(Cl)c2C(C)C)s1. The van der Waals surface area contributed by atoms with E-state index in [0.717, 1.165) is 16.4 Å². The van der Waals surface area contributed by atoms with Gasteiger partial charge < -0.3 is 5.32 Å². The second kappa shape index (κ2) is 5.63. The van der Waals surface area contributed by atoms with Gasteiger partial charge in [0.15, 0.2) is 0 Å². The number of anilines is 1. The van der Waals surface area contributed by atoms with E-state index in [1.54, 1.807) is 11.3 Å². The predicted molar refractivity (Wildman–Crippen MR) is 75.3 cm³/mol. The van der Waals surface area contributed by atoms with Crippen LogP contribution in [0.15, 0.2) is 12.5 Å². The van der Waals surface area contributed by atoms with Crippen LogP contribution in [0.3, 0.4) is 0 Å². The van der Waals surface area contributed by atoms with E-state index in [2.05, 4.69) is 34.1 Å². The number of aryl methyl sites for hydroxylation is 1. The van der Waals surface area contributed by atoms with Crippen LogP contribution in [0, 0.1) is 6.92 Å². The summed E-state index contributed by atoms with van der Waals surface area (Å²) in [5.41, 5.74) is 0.951. The highest BCUT2D eigenvalue weighted by molar-refractivity contribution is 7.11. The molecule has 4 nitrogen and oxygen atoms in total. The van der Waals surface area contributed by atoms with Crippen molar-refractivity contribution in [2.45, 2.75) is 33.2 Å². The molecule has 0 spiro atoms. The second-order valence-electron chi connectivity index (χ2n) is 4.30. The molecule has 0 aliphatic carbocycles. The van der Waals surface area contributed by atoms with E-state index >= 15 is 0 Å². The van der Waals surface area contributed by atoms with Crippen molar-refractivity contribution in [2.24, 2.45) is 0 Å². The molecule has 0 fully saturated rings. The molecule has 0 unspecified atom stereocenters. The van der Waals surface area contributed by atoms with E-state index in [1.807, 2.05) is 13.1 Å². The summed E-state index contributed by atoms with van der Waals surface area (Å²) in [7, 11) is 0. The minimum Gasteiger partial charge on any atom is -0.363 e. The number of halogens is 1. The molecule has 96 valence electrons. The molecule has 0 saturated carbocycles. The molecule has 2 aromatic heterocycles. The standard InChI is InChI=1S/C12H15ClN4S/c1-7(2)10-11(13)16-6-17-12(10)15-5-9-14-4-8(3)18-9/h4,6-7H,5H2,1-3H3,(H,15,16,17). The summed E-state index contributed by atoms with van der Waals surface area (Å²) >= 11 is 7.78. The Balaban J connectivity index is 2.16. The Bertz CT molecular complexity index is 539. The third-order valence-electron chi connectivity index (χ3n) is 2.49. The molecule has 0 atom stereocenters. The Morgan fingerprint density at radius 2 is 2.11 bits per heavy atom. The minimum atomic E-state index is 0.277. The maximum atomic E-state index is 6.11. The molecule has 0 aliphatic heterocycles. The molecule has 2 rings (SSSR count). The first kappa shape index (κ1) is 13.2. The minimum absolute atomic E-state index is 0.277. The summed E-state index contributed by atoms with van der Waals surface area (Å²) < 4.78 is 0. The lowest BCUT2D eigenvalue weighted by Crippen LogP contribution is -2.06. The van der Waals surface area contributed by atoms with Crippen molar-refractivity contribution in [3.63, 3.8) is 0 Å². The lowest BCUT2D eigenvalue weighted by atomic mass is 10.1. The highest BCUT2D eigenvalue weighted by Crippen LogP contribution is 2.28. The van der Waals surface area contributed by atoms with E-state index in [4.69, 9.17) is 11.6 Å². The van der Waals surface area contributed by atoms with Gasteiger partial charge in [-0.05, 0) is 12.8 Å². The van der Waals surface area contributed by atoms with Gasteiger partial charge in [-0.15, -0.1) is 11.3 Å². The molecule has 0 radical (unpaired) electrons. The number of nitrogens with zero attached hydrogens (tertiary/aromatic N) is 3. The van der Waals surface area contributed by atoms with Gasteiger partial charge in [-0.25, -0.2) is 15.0 Å². The predicted octanol–water partition coefficient (Wildman–Crippen LogP) is 3.63. The summed E-state index contributed by atoms with van der Waals surface area (Å²) in [6.45, 7) is 6.85. The second-order valence-corrected chi connectivity index (χ2v) is 5.98. The largest absolute Gasteiger partial charge is 0.363 e. The smallest absolute Gasteiger partial charge is 0.138 e. The molecule has 2 heterocycles. The molecule has 0 amide bonds. The highest BCUT2D eigenvalue weighted by Gasteiger charge is 2.13. The average Bonchev–Trinajstić information content (AvgIpc) is 2.72. The summed E-state index contributed by atoms with van der Waals surface area (Å²) in [5, 5.41) is 4.83. The molecule has 0 bridgehead atoms. The van der Waals surface area contributed by atoms with E-state index in [-0.39, 0.29) is 5.92 Å². The average molecular weight is 283 g/mol. The Kier molecular flexibility index (Phi) is 4.14. The van der Waals surface area contributed by atoms with Crippen molar-refractivity contribution in [3.05, 3.63) is 33.1 Å². The van der Waals surface area contributed by atoms with Crippen LogP contribution < -0.4 is 5.32 Å². The zero-order valence-corrected chi connectivity index (χ0v) is 12.1. The van der Waals surface area contributed by atoms with Crippen LogP contribution in [0.5, 0.6) is 0 Å². The topological polar surface area (TPSA) is 50.7 Å². The zero-order chi connectivity index (χ0) is 13.1. The van der Waals surface area contributed by atoms with E-state index in [9.17, 15) is 0 Å². The van der Waals surface area contributed by atoms with E-state index < -0.39 is 0 Å². The Hall–Kier alpha value is -1.20. The van der Waals surface area contributed by atoms with Crippen molar-refractivity contribution in [1.82, 2.24) is 15.0 Å². The molecule has 0 aliphatic rings. The van der Waals surface area contributed by atoms with Crippen LogP contribution in [0.2, 0.25) is 5.15 Å². The van der Waals surface area contributed by atoms with Gasteiger partial charge in [0, 0.05) is 16.6 Å². The molecule has 0 aromatic carbocycles. The van der Waals surface area contributed by atoms with Crippen LogP contribution in [-0.4, -0.2) is 15.0 Å². The van der Waals surface area contributed by atoms with Crippen LogP contribution in [-0.2, 0) is 6.54 Å². The van der Waals surface area contributed by atoms with Crippen LogP contribution >= 0.6 is 22.9 Å². The van der Waals surface area contributed by atoms with Gasteiger partial charge in [0.2, 0.25) is 0 Å². The first-order valence-electron chi connectivity index (χ1n) is 5.73. The maximum Gasteiger partial charge on any atom is 0.138 e. The number of nitrogens with one attached hydrogen (secondary N) is 1. The van der Waals surface area contributed by atoms with Gasteiger partial charge in [0.25, 0.3) is 0 Å². The number of hydrogen-bond donors (Lipinski definition) is 1. The van der Waals surface area contributed by atoms with Crippen molar-refractivity contribution < 1.29 is 0 Å². The highest BCUT2D eigenvalue weighted by atomic mass is 35.5. The third-order valence-corrected chi connectivity index (χ3v) is 3.70. The Morgan fingerprint density at radius 3 is 2.72 bits per heavy atom. The van der Waals surface area contributed by atoms with Gasteiger partial charge in [-0.2, -0.15) is 0 Å².